The highest BCUT2D eigenvalue weighted by Crippen LogP contribution is 2.50. The molecule has 0 saturated heterocycles. The molecule has 2 aliphatic rings. The standard InChI is InChI=1S/C15H26O4S/c1-11-6-8-15(9-7-11,14(16)17)12-4-3-5-13(10-12)20(2,18)19/h11-13H,3-10H2,1-2H3,(H,16,17). The van der Waals surface area contributed by atoms with Gasteiger partial charge in [-0.1, -0.05) is 13.3 Å². The molecule has 2 unspecified atom stereocenters. The lowest BCUT2D eigenvalue weighted by Crippen LogP contribution is -2.45. The summed E-state index contributed by atoms with van der Waals surface area (Å²) in [4.78, 5) is 11.9. The number of sulfone groups is 1. The summed E-state index contributed by atoms with van der Waals surface area (Å²) in [6, 6.07) is 0. The van der Waals surface area contributed by atoms with Gasteiger partial charge in [0.1, 0.15) is 9.84 Å². The van der Waals surface area contributed by atoms with Gasteiger partial charge in [0, 0.05) is 6.26 Å². The number of aliphatic carboxylic acids is 1. The van der Waals surface area contributed by atoms with Crippen LogP contribution in [0.2, 0.25) is 0 Å². The van der Waals surface area contributed by atoms with E-state index in [1.54, 1.807) is 0 Å². The van der Waals surface area contributed by atoms with Crippen LogP contribution in [0.15, 0.2) is 0 Å². The molecule has 0 radical (unpaired) electrons. The quantitative estimate of drug-likeness (QED) is 0.870. The first-order valence-electron chi connectivity index (χ1n) is 7.68. The topological polar surface area (TPSA) is 71.4 Å². The van der Waals surface area contributed by atoms with Crippen molar-refractivity contribution in [3.8, 4) is 0 Å². The van der Waals surface area contributed by atoms with Crippen LogP contribution >= 0.6 is 0 Å². The van der Waals surface area contributed by atoms with Crippen LogP contribution in [0.5, 0.6) is 0 Å². The Morgan fingerprint density at radius 3 is 2.25 bits per heavy atom. The molecule has 0 heterocycles. The minimum absolute atomic E-state index is 0.0287. The van der Waals surface area contributed by atoms with Gasteiger partial charge in [-0.2, -0.15) is 0 Å². The predicted octanol–water partition coefficient (Wildman–Crippen LogP) is 2.87. The van der Waals surface area contributed by atoms with Crippen LogP contribution < -0.4 is 0 Å². The van der Waals surface area contributed by atoms with Gasteiger partial charge >= 0.3 is 5.97 Å². The number of carboxylic acids is 1. The normalized spacial score (nSPS) is 39.4. The van der Waals surface area contributed by atoms with Gasteiger partial charge in [-0.25, -0.2) is 8.42 Å². The van der Waals surface area contributed by atoms with Crippen LogP contribution in [-0.4, -0.2) is 31.0 Å². The lowest BCUT2D eigenvalue weighted by atomic mass is 9.60. The van der Waals surface area contributed by atoms with Crippen molar-refractivity contribution < 1.29 is 18.3 Å². The molecule has 4 nitrogen and oxygen atoms in total. The second-order valence-corrected chi connectivity index (χ2v) is 9.28. The number of rotatable bonds is 3. The average Bonchev–Trinajstić information content (AvgIpc) is 2.39. The number of carbonyl (C=O) groups is 1. The lowest BCUT2D eigenvalue weighted by Gasteiger charge is -2.44. The Kier molecular flexibility index (Phi) is 4.47. The van der Waals surface area contributed by atoms with Crippen molar-refractivity contribution in [2.45, 2.75) is 63.5 Å². The van der Waals surface area contributed by atoms with E-state index >= 15 is 0 Å². The predicted molar refractivity (Wildman–Crippen MR) is 78.3 cm³/mol. The molecule has 0 aromatic carbocycles. The zero-order valence-electron chi connectivity index (χ0n) is 12.5. The molecule has 116 valence electrons. The molecule has 0 spiro atoms. The SMILES string of the molecule is CC1CCC(C(=O)O)(C2CCCC(S(C)(=O)=O)C2)CC1. The third kappa shape index (κ3) is 3.02. The van der Waals surface area contributed by atoms with Gasteiger partial charge in [0.05, 0.1) is 10.7 Å². The van der Waals surface area contributed by atoms with E-state index in [1.807, 2.05) is 0 Å². The van der Waals surface area contributed by atoms with Crippen LogP contribution in [0.3, 0.4) is 0 Å². The Bertz CT molecular complexity index is 460. The monoisotopic (exact) mass is 302 g/mol. The Labute approximate surface area is 121 Å². The van der Waals surface area contributed by atoms with E-state index in [2.05, 4.69) is 6.92 Å². The molecule has 1 N–H and O–H groups in total. The largest absolute Gasteiger partial charge is 0.481 e. The van der Waals surface area contributed by atoms with Gasteiger partial charge in [-0.15, -0.1) is 0 Å². The van der Waals surface area contributed by atoms with Gasteiger partial charge in [-0.3, -0.25) is 4.79 Å². The highest BCUT2D eigenvalue weighted by molar-refractivity contribution is 7.91. The van der Waals surface area contributed by atoms with Crippen LogP contribution in [0.1, 0.15) is 58.3 Å². The number of hydrogen-bond donors (Lipinski definition) is 1. The van der Waals surface area contributed by atoms with E-state index in [1.165, 1.54) is 6.26 Å². The zero-order valence-corrected chi connectivity index (χ0v) is 13.3. The summed E-state index contributed by atoms with van der Waals surface area (Å²) in [6.07, 6.45) is 7.56. The lowest BCUT2D eigenvalue weighted by molar-refractivity contribution is -0.157. The van der Waals surface area contributed by atoms with Crippen molar-refractivity contribution in [3.63, 3.8) is 0 Å². The highest BCUT2D eigenvalue weighted by Gasteiger charge is 2.49. The van der Waals surface area contributed by atoms with E-state index in [0.29, 0.717) is 31.6 Å². The third-order valence-corrected chi connectivity index (χ3v) is 7.24. The molecule has 0 aromatic heterocycles. The molecular weight excluding hydrogens is 276 g/mol. The minimum Gasteiger partial charge on any atom is -0.481 e. The maximum atomic E-state index is 11.9. The fourth-order valence-electron chi connectivity index (χ4n) is 4.11. The van der Waals surface area contributed by atoms with Crippen LogP contribution in [0.4, 0.5) is 0 Å². The van der Waals surface area contributed by atoms with Crippen molar-refractivity contribution in [3.05, 3.63) is 0 Å². The first-order valence-corrected chi connectivity index (χ1v) is 9.63. The Morgan fingerprint density at radius 2 is 1.75 bits per heavy atom. The van der Waals surface area contributed by atoms with Gasteiger partial charge in [0.2, 0.25) is 0 Å². The van der Waals surface area contributed by atoms with Gasteiger partial charge in [-0.05, 0) is 56.8 Å². The summed E-state index contributed by atoms with van der Waals surface area (Å²) in [6.45, 7) is 2.17. The smallest absolute Gasteiger partial charge is 0.309 e. The molecule has 2 fully saturated rings. The van der Waals surface area contributed by atoms with E-state index < -0.39 is 21.2 Å². The summed E-state index contributed by atoms with van der Waals surface area (Å²) < 4.78 is 23.6. The van der Waals surface area contributed by atoms with E-state index in [-0.39, 0.29) is 11.2 Å². The second kappa shape index (κ2) is 5.66. The first-order chi connectivity index (χ1) is 9.25. The van der Waals surface area contributed by atoms with Crippen LogP contribution in [0.25, 0.3) is 0 Å². The highest BCUT2D eigenvalue weighted by atomic mass is 32.2. The molecule has 0 aromatic rings. The first kappa shape index (κ1) is 15.8. The van der Waals surface area contributed by atoms with Crippen molar-refractivity contribution in [1.29, 1.82) is 0 Å². The maximum Gasteiger partial charge on any atom is 0.309 e. The molecule has 2 aliphatic carbocycles. The fraction of sp³-hybridized carbons (Fsp3) is 0.933. The molecule has 0 amide bonds. The molecule has 20 heavy (non-hydrogen) atoms. The van der Waals surface area contributed by atoms with Gasteiger partial charge in [0.15, 0.2) is 0 Å². The van der Waals surface area contributed by atoms with Crippen molar-refractivity contribution >= 4 is 15.8 Å². The van der Waals surface area contributed by atoms with E-state index in [4.69, 9.17) is 0 Å². The number of carboxylic acid groups (broad SMARTS) is 1. The number of hydrogen-bond acceptors (Lipinski definition) is 3. The summed E-state index contributed by atoms with van der Waals surface area (Å²) in [5.74, 6) is -0.0821. The molecule has 2 atom stereocenters. The molecule has 2 rings (SSSR count). The van der Waals surface area contributed by atoms with Crippen LogP contribution in [-0.2, 0) is 14.6 Å². The Morgan fingerprint density at radius 1 is 1.15 bits per heavy atom. The molecule has 2 saturated carbocycles. The maximum absolute atomic E-state index is 11.9. The minimum atomic E-state index is -3.05. The molecular formula is C15H26O4S. The molecule has 0 bridgehead atoms. The summed E-state index contributed by atoms with van der Waals surface area (Å²) in [5.41, 5.74) is -0.671. The van der Waals surface area contributed by atoms with E-state index in [0.717, 1.165) is 25.7 Å². The van der Waals surface area contributed by atoms with Crippen molar-refractivity contribution in [1.82, 2.24) is 0 Å². The van der Waals surface area contributed by atoms with Crippen molar-refractivity contribution in [2.24, 2.45) is 17.3 Å². The Balaban J connectivity index is 2.20. The fourth-order valence-corrected chi connectivity index (χ4v) is 5.29. The Hall–Kier alpha value is -0.580. The van der Waals surface area contributed by atoms with Crippen molar-refractivity contribution in [2.75, 3.05) is 6.26 Å². The second-order valence-electron chi connectivity index (χ2n) is 6.96. The third-order valence-electron chi connectivity index (χ3n) is 5.61. The van der Waals surface area contributed by atoms with Crippen LogP contribution in [0, 0.1) is 17.3 Å². The molecule has 0 aliphatic heterocycles. The van der Waals surface area contributed by atoms with E-state index in [9.17, 15) is 18.3 Å². The van der Waals surface area contributed by atoms with Gasteiger partial charge in [0.25, 0.3) is 0 Å². The molecule has 5 heteroatoms. The zero-order chi connectivity index (χ0) is 15.0. The van der Waals surface area contributed by atoms with Gasteiger partial charge < -0.3 is 5.11 Å². The summed E-state index contributed by atoms with van der Waals surface area (Å²) in [5, 5.41) is 9.43. The summed E-state index contributed by atoms with van der Waals surface area (Å²) >= 11 is 0. The summed E-state index contributed by atoms with van der Waals surface area (Å²) in [7, 11) is -3.05. The average molecular weight is 302 g/mol.